The zero-order valence-corrected chi connectivity index (χ0v) is 13.3. The fourth-order valence-electron chi connectivity index (χ4n) is 4.34. The van der Waals surface area contributed by atoms with Crippen molar-refractivity contribution >= 4 is 5.97 Å². The molecule has 1 aromatic heterocycles. The minimum Gasteiger partial charge on any atom is -0.480 e. The van der Waals surface area contributed by atoms with Crippen LogP contribution in [0.4, 0.5) is 0 Å². The number of rotatable bonds is 5. The van der Waals surface area contributed by atoms with Gasteiger partial charge in [0.1, 0.15) is 6.04 Å². The second-order valence-electron chi connectivity index (χ2n) is 7.12. The molecule has 23 heavy (non-hydrogen) atoms. The summed E-state index contributed by atoms with van der Waals surface area (Å²) in [6.07, 6.45) is 9.10. The third-order valence-corrected chi connectivity index (χ3v) is 5.50. The van der Waals surface area contributed by atoms with Crippen LogP contribution in [-0.2, 0) is 22.6 Å². The zero-order chi connectivity index (χ0) is 15.8. The molecule has 3 aliphatic rings. The summed E-state index contributed by atoms with van der Waals surface area (Å²) in [5.74, 6) is -0.179. The third-order valence-electron chi connectivity index (χ3n) is 5.50. The van der Waals surface area contributed by atoms with Crippen molar-refractivity contribution in [3.8, 4) is 0 Å². The molecule has 0 amide bonds. The molecule has 1 aromatic rings. The van der Waals surface area contributed by atoms with Crippen molar-refractivity contribution < 1.29 is 14.6 Å². The van der Waals surface area contributed by atoms with Crippen molar-refractivity contribution in [1.82, 2.24) is 19.9 Å². The molecule has 126 valence electrons. The van der Waals surface area contributed by atoms with Gasteiger partial charge in [0, 0.05) is 25.2 Å². The van der Waals surface area contributed by atoms with E-state index in [2.05, 4.69) is 10.3 Å². The number of aromatic nitrogens is 3. The van der Waals surface area contributed by atoms with Crippen LogP contribution in [0.15, 0.2) is 6.20 Å². The summed E-state index contributed by atoms with van der Waals surface area (Å²) in [5.41, 5.74) is 0.863. The van der Waals surface area contributed by atoms with Gasteiger partial charge in [-0.3, -0.25) is 14.4 Å². The molecule has 4 rings (SSSR count). The third kappa shape index (κ3) is 3.12. The topological polar surface area (TPSA) is 80.5 Å². The molecule has 3 fully saturated rings. The van der Waals surface area contributed by atoms with Crippen molar-refractivity contribution in [2.75, 3.05) is 6.54 Å². The number of hydrogen-bond donors (Lipinski definition) is 1. The summed E-state index contributed by atoms with van der Waals surface area (Å²) in [4.78, 5) is 13.4. The number of aliphatic carboxylic acids is 1. The molecule has 1 N–H and O–H groups in total. The lowest BCUT2D eigenvalue weighted by Gasteiger charge is -2.31. The first-order chi connectivity index (χ1) is 11.2. The van der Waals surface area contributed by atoms with Crippen LogP contribution in [-0.4, -0.2) is 55.8 Å². The van der Waals surface area contributed by atoms with Gasteiger partial charge in [0.25, 0.3) is 0 Å². The zero-order valence-electron chi connectivity index (χ0n) is 13.3. The van der Waals surface area contributed by atoms with Gasteiger partial charge in [-0.25, -0.2) is 0 Å². The van der Waals surface area contributed by atoms with Crippen LogP contribution in [0.3, 0.4) is 0 Å². The fourth-order valence-corrected chi connectivity index (χ4v) is 4.34. The molecule has 4 unspecified atom stereocenters. The Morgan fingerprint density at radius 2 is 2.26 bits per heavy atom. The van der Waals surface area contributed by atoms with Crippen LogP contribution in [0.1, 0.15) is 44.2 Å². The Kier molecular flexibility index (Phi) is 4.07. The summed E-state index contributed by atoms with van der Waals surface area (Å²) >= 11 is 0. The number of fused-ring (bicyclic) bond motifs is 2. The molecular weight excluding hydrogens is 296 g/mol. The lowest BCUT2D eigenvalue weighted by Crippen LogP contribution is -2.44. The van der Waals surface area contributed by atoms with Gasteiger partial charge in [0.05, 0.1) is 17.9 Å². The number of piperidine rings is 1. The van der Waals surface area contributed by atoms with Crippen molar-refractivity contribution in [3.63, 3.8) is 0 Å². The molecule has 2 bridgehead atoms. The van der Waals surface area contributed by atoms with Gasteiger partial charge in [0.15, 0.2) is 0 Å². The minimum atomic E-state index is -0.726. The standard InChI is InChI=1S/C16H24N4O3/c21-16(22)14-3-1-2-6-19(14)9-12-10-20(18-17-12)8-11-7-13-4-5-15(11)23-13/h10-11,13-15H,1-9H2,(H,21,22). The average Bonchev–Trinajstić information content (AvgIpc) is 3.25. The molecular formula is C16H24N4O3. The van der Waals surface area contributed by atoms with E-state index < -0.39 is 5.97 Å². The van der Waals surface area contributed by atoms with E-state index in [1.807, 2.05) is 15.8 Å². The maximum absolute atomic E-state index is 11.4. The van der Waals surface area contributed by atoms with Crippen molar-refractivity contribution in [2.45, 2.75) is 69.9 Å². The van der Waals surface area contributed by atoms with E-state index in [1.54, 1.807) is 0 Å². The van der Waals surface area contributed by atoms with E-state index in [-0.39, 0.29) is 6.04 Å². The molecule has 0 aliphatic carbocycles. The van der Waals surface area contributed by atoms with Gasteiger partial charge in [-0.2, -0.15) is 0 Å². The lowest BCUT2D eigenvalue weighted by molar-refractivity contribution is -0.144. The first-order valence-corrected chi connectivity index (χ1v) is 8.70. The molecule has 4 heterocycles. The molecule has 7 nitrogen and oxygen atoms in total. The molecule has 0 radical (unpaired) electrons. The molecule has 0 saturated carbocycles. The average molecular weight is 320 g/mol. The van der Waals surface area contributed by atoms with Crippen LogP contribution < -0.4 is 0 Å². The van der Waals surface area contributed by atoms with E-state index in [1.165, 1.54) is 12.8 Å². The Bertz CT molecular complexity index is 575. The summed E-state index contributed by atoms with van der Waals surface area (Å²) < 4.78 is 7.80. The number of carbonyl (C=O) groups is 1. The van der Waals surface area contributed by atoms with E-state index in [4.69, 9.17) is 4.74 Å². The van der Waals surface area contributed by atoms with E-state index in [0.717, 1.165) is 44.5 Å². The number of ether oxygens (including phenoxy) is 1. The van der Waals surface area contributed by atoms with Gasteiger partial charge >= 0.3 is 5.97 Å². The number of hydrogen-bond acceptors (Lipinski definition) is 5. The maximum atomic E-state index is 11.4. The van der Waals surface area contributed by atoms with E-state index >= 15 is 0 Å². The molecule has 3 aliphatic heterocycles. The normalized spacial score (nSPS) is 34.1. The Morgan fingerprint density at radius 3 is 3.00 bits per heavy atom. The molecule has 0 aromatic carbocycles. The monoisotopic (exact) mass is 320 g/mol. The maximum Gasteiger partial charge on any atom is 0.320 e. The second kappa shape index (κ2) is 6.20. The van der Waals surface area contributed by atoms with Gasteiger partial charge in [0.2, 0.25) is 0 Å². The Hall–Kier alpha value is -1.47. The van der Waals surface area contributed by atoms with Crippen molar-refractivity contribution in [2.24, 2.45) is 5.92 Å². The number of nitrogens with zero attached hydrogens (tertiary/aromatic N) is 4. The molecule has 0 spiro atoms. The first-order valence-electron chi connectivity index (χ1n) is 8.70. The summed E-state index contributed by atoms with van der Waals surface area (Å²) in [5, 5.41) is 17.8. The van der Waals surface area contributed by atoms with Crippen molar-refractivity contribution in [3.05, 3.63) is 11.9 Å². The Morgan fingerprint density at radius 1 is 1.35 bits per heavy atom. The van der Waals surface area contributed by atoms with Crippen LogP contribution in [0.2, 0.25) is 0 Å². The first kappa shape index (κ1) is 15.1. The fraction of sp³-hybridized carbons (Fsp3) is 0.812. The molecule has 3 saturated heterocycles. The van der Waals surface area contributed by atoms with Gasteiger partial charge in [-0.15, -0.1) is 5.10 Å². The molecule has 7 heteroatoms. The smallest absolute Gasteiger partial charge is 0.320 e. The Labute approximate surface area is 135 Å². The van der Waals surface area contributed by atoms with Gasteiger partial charge in [-0.05, 0) is 38.6 Å². The minimum absolute atomic E-state index is 0.382. The van der Waals surface area contributed by atoms with Crippen LogP contribution in [0.25, 0.3) is 0 Å². The van der Waals surface area contributed by atoms with Crippen LogP contribution in [0, 0.1) is 5.92 Å². The van der Waals surface area contributed by atoms with Crippen LogP contribution in [0.5, 0.6) is 0 Å². The Balaban J connectivity index is 1.37. The van der Waals surface area contributed by atoms with E-state index in [9.17, 15) is 9.90 Å². The van der Waals surface area contributed by atoms with Gasteiger partial charge in [-0.1, -0.05) is 11.6 Å². The largest absolute Gasteiger partial charge is 0.480 e. The number of carboxylic acids is 1. The number of likely N-dealkylation sites (tertiary alicyclic amines) is 1. The quantitative estimate of drug-likeness (QED) is 0.880. The van der Waals surface area contributed by atoms with Crippen molar-refractivity contribution in [1.29, 1.82) is 0 Å². The number of carboxylic acid groups (broad SMARTS) is 1. The summed E-state index contributed by atoms with van der Waals surface area (Å²) in [7, 11) is 0. The molecule has 4 atom stereocenters. The highest BCUT2D eigenvalue weighted by atomic mass is 16.5. The van der Waals surface area contributed by atoms with Crippen LogP contribution >= 0.6 is 0 Å². The SMILES string of the molecule is O=C(O)C1CCCCN1Cc1cn(CC2CC3CCC2O3)nn1. The predicted molar refractivity (Wildman–Crippen MR) is 81.7 cm³/mol. The summed E-state index contributed by atoms with van der Waals surface area (Å²) in [6, 6.07) is -0.382. The van der Waals surface area contributed by atoms with E-state index in [0.29, 0.717) is 24.7 Å². The predicted octanol–water partition coefficient (Wildman–Crippen LogP) is 1.28. The van der Waals surface area contributed by atoms with Gasteiger partial charge < -0.3 is 9.84 Å². The lowest BCUT2D eigenvalue weighted by atomic mass is 9.89. The highest BCUT2D eigenvalue weighted by molar-refractivity contribution is 5.73. The highest BCUT2D eigenvalue weighted by Crippen LogP contribution is 2.39. The summed E-state index contributed by atoms with van der Waals surface area (Å²) in [6.45, 7) is 2.25. The highest BCUT2D eigenvalue weighted by Gasteiger charge is 2.40. The second-order valence-corrected chi connectivity index (χ2v) is 7.12.